The van der Waals surface area contributed by atoms with Crippen LogP contribution in [0.25, 0.3) is 0 Å². The fourth-order valence-corrected chi connectivity index (χ4v) is 5.18. The summed E-state index contributed by atoms with van der Waals surface area (Å²) in [5.74, 6) is -1.54. The molecular formula is C41H68N4O16. The van der Waals surface area contributed by atoms with E-state index >= 15 is 0 Å². The molecular weight excluding hydrogens is 804 g/mol. The van der Waals surface area contributed by atoms with Crippen molar-refractivity contribution >= 4 is 29.8 Å². The minimum atomic E-state index is -0.856. The van der Waals surface area contributed by atoms with Crippen LogP contribution in [0.1, 0.15) is 19.3 Å². The number of amides is 4. The van der Waals surface area contributed by atoms with Crippen LogP contribution >= 0.6 is 0 Å². The summed E-state index contributed by atoms with van der Waals surface area (Å²) >= 11 is 0. The summed E-state index contributed by atoms with van der Waals surface area (Å²) in [5.41, 5.74) is 1.52. The second kappa shape index (κ2) is 38.2. The Labute approximate surface area is 359 Å². The van der Waals surface area contributed by atoms with E-state index in [2.05, 4.69) is 15.8 Å². The lowest BCUT2D eigenvalue weighted by Gasteiger charge is -2.28. The van der Waals surface area contributed by atoms with Crippen molar-refractivity contribution in [2.75, 3.05) is 172 Å². The van der Waals surface area contributed by atoms with Crippen LogP contribution in [0.3, 0.4) is 0 Å². The molecule has 2 aliphatic rings. The van der Waals surface area contributed by atoms with Crippen molar-refractivity contribution in [3.8, 4) is 0 Å². The van der Waals surface area contributed by atoms with E-state index in [9.17, 15) is 19.2 Å². The molecule has 61 heavy (non-hydrogen) atoms. The second-order valence-corrected chi connectivity index (χ2v) is 13.1. The topological polar surface area (TPSA) is 219 Å². The number of nitrogens with zero attached hydrogens (tertiary/aromatic N) is 2. The molecule has 0 aromatic carbocycles. The molecule has 1 unspecified atom stereocenters. The van der Waals surface area contributed by atoms with Crippen LogP contribution in [-0.4, -0.2) is 207 Å². The summed E-state index contributed by atoms with van der Waals surface area (Å²) < 4.78 is 65.1. The Bertz CT molecular complexity index is 1270. The Morgan fingerprint density at radius 3 is 1.38 bits per heavy atom. The maximum Gasteiger partial charge on any atom is 0.253 e. The summed E-state index contributed by atoms with van der Waals surface area (Å²) in [5, 5.41) is 6.85. The predicted octanol–water partition coefficient (Wildman–Crippen LogP) is 0.241. The highest BCUT2D eigenvalue weighted by Gasteiger charge is 2.34. The fraction of sp³-hybridized carbons (Fsp3) is 0.732. The first kappa shape index (κ1) is 53.6. The Morgan fingerprint density at radius 1 is 0.607 bits per heavy atom. The Balaban J connectivity index is 1.28. The van der Waals surface area contributed by atoms with E-state index in [-0.39, 0.29) is 25.3 Å². The first-order valence-electron chi connectivity index (χ1n) is 20.8. The largest absolute Gasteiger partial charge is 0.382 e. The Hall–Kier alpha value is -3.51. The molecule has 0 saturated heterocycles. The van der Waals surface area contributed by atoms with Crippen LogP contribution in [0.5, 0.6) is 0 Å². The average molecular weight is 873 g/mol. The van der Waals surface area contributed by atoms with Crippen LogP contribution < -0.4 is 10.7 Å². The number of imide groups is 1. The summed E-state index contributed by atoms with van der Waals surface area (Å²) in [7, 11) is 1.64. The number of nitrogens with one attached hydrogen (secondary N) is 2. The third-order valence-corrected chi connectivity index (χ3v) is 8.48. The van der Waals surface area contributed by atoms with E-state index in [4.69, 9.17) is 56.8 Å². The van der Waals surface area contributed by atoms with Crippen LogP contribution in [0.15, 0.2) is 41.6 Å². The van der Waals surface area contributed by atoms with Gasteiger partial charge in [-0.15, -0.1) is 0 Å². The highest BCUT2D eigenvalue weighted by atomic mass is 16.6. The lowest BCUT2D eigenvalue weighted by atomic mass is 9.78. The van der Waals surface area contributed by atoms with Crippen molar-refractivity contribution < 1.29 is 76.0 Å². The number of hydrazone groups is 1. The number of allylic oxidation sites excluding steroid dienone is 3. The number of carbonyl (C=O) groups is 4. The SMILES string of the molecule is COCCOCCOCCOCCOCCOCCOCCOCCOCCOCCOCCOCCNC(=O)C1(CC=NNC(=O)CCN2C(=O)C=CC2=O)C=CC=CC1. The zero-order chi connectivity index (χ0) is 43.7. The van der Waals surface area contributed by atoms with Crippen molar-refractivity contribution in [2.24, 2.45) is 10.5 Å². The van der Waals surface area contributed by atoms with E-state index in [0.29, 0.717) is 165 Å². The minimum absolute atomic E-state index is 0.0380. The predicted molar refractivity (Wildman–Crippen MR) is 221 cm³/mol. The number of hydrogen-bond donors (Lipinski definition) is 2. The summed E-state index contributed by atoms with van der Waals surface area (Å²) in [6, 6.07) is 0. The van der Waals surface area contributed by atoms with Crippen LogP contribution in [0.4, 0.5) is 0 Å². The molecule has 2 rings (SSSR count). The Kier molecular flexibility index (Phi) is 33.6. The maximum atomic E-state index is 13.1. The zero-order valence-corrected chi connectivity index (χ0v) is 35.8. The normalized spacial score (nSPS) is 16.1. The molecule has 1 atom stereocenters. The molecule has 0 saturated carbocycles. The monoisotopic (exact) mass is 872 g/mol. The molecule has 1 heterocycles. The van der Waals surface area contributed by atoms with Gasteiger partial charge in [0, 0.05) is 51.4 Å². The van der Waals surface area contributed by atoms with Gasteiger partial charge in [0.05, 0.1) is 157 Å². The van der Waals surface area contributed by atoms with Crippen molar-refractivity contribution in [3.05, 3.63) is 36.5 Å². The smallest absolute Gasteiger partial charge is 0.253 e. The number of carbonyl (C=O) groups excluding carboxylic acids is 4. The molecule has 20 heteroatoms. The van der Waals surface area contributed by atoms with Gasteiger partial charge < -0.3 is 62.2 Å². The van der Waals surface area contributed by atoms with E-state index < -0.39 is 23.1 Å². The molecule has 348 valence electrons. The van der Waals surface area contributed by atoms with Crippen molar-refractivity contribution in [3.63, 3.8) is 0 Å². The summed E-state index contributed by atoms with van der Waals surface area (Å²) in [4.78, 5) is 49.4. The van der Waals surface area contributed by atoms with Crippen LogP contribution in [0, 0.1) is 5.41 Å². The van der Waals surface area contributed by atoms with E-state index in [0.717, 1.165) is 17.1 Å². The molecule has 0 aromatic heterocycles. The van der Waals surface area contributed by atoms with Gasteiger partial charge in [-0.1, -0.05) is 24.3 Å². The van der Waals surface area contributed by atoms with E-state index in [1.165, 1.54) is 6.21 Å². The quantitative estimate of drug-likeness (QED) is 0.0363. The van der Waals surface area contributed by atoms with Gasteiger partial charge in [-0.2, -0.15) is 5.10 Å². The first-order valence-corrected chi connectivity index (χ1v) is 20.8. The average Bonchev–Trinajstić information content (AvgIpc) is 3.59. The number of rotatable bonds is 43. The van der Waals surface area contributed by atoms with Gasteiger partial charge in [0.15, 0.2) is 0 Å². The van der Waals surface area contributed by atoms with Gasteiger partial charge in [-0.25, -0.2) is 5.43 Å². The lowest BCUT2D eigenvalue weighted by molar-refractivity contribution is -0.137. The summed E-state index contributed by atoms with van der Waals surface area (Å²) in [6.07, 6.45) is 11.8. The van der Waals surface area contributed by atoms with E-state index in [1.807, 2.05) is 18.2 Å². The zero-order valence-electron chi connectivity index (χ0n) is 35.8. The highest BCUT2D eigenvalue weighted by Crippen LogP contribution is 2.31. The maximum absolute atomic E-state index is 13.1. The van der Waals surface area contributed by atoms with Crippen molar-refractivity contribution in [2.45, 2.75) is 19.3 Å². The van der Waals surface area contributed by atoms with Crippen LogP contribution in [0.2, 0.25) is 0 Å². The molecule has 20 nitrogen and oxygen atoms in total. The summed E-state index contributed by atoms with van der Waals surface area (Å²) in [6.45, 7) is 11.2. The molecule has 0 radical (unpaired) electrons. The van der Waals surface area contributed by atoms with Crippen molar-refractivity contribution in [1.29, 1.82) is 0 Å². The van der Waals surface area contributed by atoms with Gasteiger partial charge in [-0.3, -0.25) is 24.1 Å². The molecule has 0 bridgehead atoms. The van der Waals surface area contributed by atoms with Crippen LogP contribution in [-0.2, 0) is 76.0 Å². The molecule has 0 spiro atoms. The molecule has 2 N–H and O–H groups in total. The molecule has 1 aliphatic heterocycles. The number of hydrogen-bond acceptors (Lipinski definition) is 17. The van der Waals surface area contributed by atoms with Gasteiger partial charge in [0.25, 0.3) is 11.8 Å². The van der Waals surface area contributed by atoms with Gasteiger partial charge >= 0.3 is 0 Å². The lowest BCUT2D eigenvalue weighted by Crippen LogP contribution is -2.42. The number of ether oxygens (including phenoxy) is 12. The Morgan fingerprint density at radius 2 is 1.00 bits per heavy atom. The molecule has 0 fully saturated rings. The third kappa shape index (κ3) is 28.7. The van der Waals surface area contributed by atoms with E-state index in [1.54, 1.807) is 13.2 Å². The second-order valence-electron chi connectivity index (χ2n) is 13.1. The fourth-order valence-electron chi connectivity index (χ4n) is 5.18. The molecule has 4 amide bonds. The highest BCUT2D eigenvalue weighted by molar-refractivity contribution is 6.13. The van der Waals surface area contributed by atoms with Crippen molar-refractivity contribution in [1.82, 2.24) is 15.6 Å². The standard InChI is InChI=1S/C41H68N4O16/c1-50-15-16-52-19-20-54-23-24-56-27-28-58-31-32-60-35-36-61-34-33-59-30-29-57-26-25-55-22-21-53-18-17-51-14-12-42-40(49)41(8-3-2-4-9-41)10-11-43-44-37(46)7-13-45-38(47)5-6-39(45)48/h2-6,8,11H,7,9-10,12-36H2,1H3,(H,42,49)(H,44,46). The first-order chi connectivity index (χ1) is 30.0. The third-order valence-electron chi connectivity index (χ3n) is 8.48. The minimum Gasteiger partial charge on any atom is -0.382 e. The molecule has 1 aliphatic carbocycles. The number of methoxy groups -OCH3 is 1. The van der Waals surface area contributed by atoms with Gasteiger partial charge in [0.1, 0.15) is 0 Å². The molecule has 0 aromatic rings. The van der Waals surface area contributed by atoms with Gasteiger partial charge in [-0.05, 0) is 6.42 Å². The van der Waals surface area contributed by atoms with Gasteiger partial charge in [0.2, 0.25) is 11.8 Å².